The Morgan fingerprint density at radius 3 is 2.41 bits per heavy atom. The number of nitrogen functional groups attached to an aromatic ring is 1. The van der Waals surface area contributed by atoms with Crippen LogP contribution >= 0.6 is 11.3 Å². The molecule has 0 spiro atoms. The first kappa shape index (κ1) is 13.5. The highest BCUT2D eigenvalue weighted by Crippen LogP contribution is 2.38. The minimum absolute atomic E-state index is 0.0641. The number of carbonyl (C=O) groups excluding carboxylic acids is 2. The molecule has 0 aliphatic carbocycles. The van der Waals surface area contributed by atoms with E-state index in [9.17, 15) is 9.59 Å². The molecule has 0 saturated carbocycles. The van der Waals surface area contributed by atoms with Crippen LogP contribution in [0.2, 0.25) is 0 Å². The average Bonchev–Trinajstić information content (AvgIpc) is 2.65. The van der Waals surface area contributed by atoms with E-state index in [1.807, 2.05) is 0 Å². The lowest BCUT2D eigenvalue weighted by Crippen LogP contribution is -2.13. The number of Topliss-reactive ketones (excluding diaryl/α,β-unsaturated/α-hetero) is 1. The van der Waals surface area contributed by atoms with Crippen LogP contribution in [0.5, 0.6) is 0 Å². The first-order chi connectivity index (χ1) is 7.93. The quantitative estimate of drug-likeness (QED) is 0.656. The van der Waals surface area contributed by atoms with Crippen LogP contribution in [-0.4, -0.2) is 33.0 Å². The molecule has 1 rings (SSSR count). The summed E-state index contributed by atoms with van der Waals surface area (Å²) in [5.74, 6) is -0.580. The summed E-state index contributed by atoms with van der Waals surface area (Å²) < 4.78 is 4.68. The Kier molecular flexibility index (Phi) is 4.11. The van der Waals surface area contributed by atoms with Crippen molar-refractivity contribution >= 4 is 33.8 Å². The van der Waals surface area contributed by atoms with Crippen LogP contribution < -0.4 is 10.6 Å². The van der Waals surface area contributed by atoms with Crippen molar-refractivity contribution in [2.75, 3.05) is 31.8 Å². The maximum Gasteiger partial charge on any atom is 0.343 e. The van der Waals surface area contributed by atoms with E-state index < -0.39 is 5.97 Å². The molecule has 0 bridgehead atoms. The Hall–Kier alpha value is -1.56. The summed E-state index contributed by atoms with van der Waals surface area (Å²) in [6.07, 6.45) is 0.359. The van der Waals surface area contributed by atoms with Gasteiger partial charge in [0.1, 0.15) is 10.6 Å². The van der Waals surface area contributed by atoms with E-state index in [4.69, 9.17) is 5.73 Å². The van der Waals surface area contributed by atoms with E-state index in [0.717, 1.165) is 0 Å². The molecule has 5 nitrogen and oxygen atoms in total. The van der Waals surface area contributed by atoms with Gasteiger partial charge in [-0.15, -0.1) is 11.3 Å². The summed E-state index contributed by atoms with van der Waals surface area (Å²) in [5.41, 5.74) is 6.35. The molecule has 0 fully saturated rings. The maximum atomic E-state index is 11.7. The van der Waals surface area contributed by atoms with E-state index in [0.29, 0.717) is 16.3 Å². The maximum absolute atomic E-state index is 11.7. The highest BCUT2D eigenvalue weighted by molar-refractivity contribution is 7.19. The minimum atomic E-state index is -0.516. The van der Waals surface area contributed by atoms with Crippen molar-refractivity contribution in [1.29, 1.82) is 0 Å². The van der Waals surface area contributed by atoms with Crippen molar-refractivity contribution in [1.82, 2.24) is 0 Å². The fourth-order valence-corrected chi connectivity index (χ4v) is 2.55. The third-order valence-electron chi connectivity index (χ3n) is 2.30. The lowest BCUT2D eigenvalue weighted by atomic mass is 10.1. The summed E-state index contributed by atoms with van der Waals surface area (Å²) in [4.78, 5) is 25.5. The predicted molar refractivity (Wildman–Crippen MR) is 69.0 cm³/mol. The van der Waals surface area contributed by atoms with E-state index in [1.54, 1.807) is 25.9 Å². The van der Waals surface area contributed by atoms with Crippen LogP contribution in [0.3, 0.4) is 0 Å². The standard InChI is InChI=1S/C11H16N2O3S/c1-5-6(14)9-8(12)7(11(15)16-4)10(17-9)13(2)3/h5,12H2,1-4H3. The van der Waals surface area contributed by atoms with Crippen LogP contribution in [0.1, 0.15) is 33.4 Å². The lowest BCUT2D eigenvalue weighted by Gasteiger charge is -2.11. The summed E-state index contributed by atoms with van der Waals surface area (Å²) >= 11 is 1.22. The van der Waals surface area contributed by atoms with Crippen molar-refractivity contribution in [3.8, 4) is 0 Å². The summed E-state index contributed by atoms with van der Waals surface area (Å²) in [7, 11) is 4.87. The number of rotatable bonds is 4. The highest BCUT2D eigenvalue weighted by Gasteiger charge is 2.26. The van der Waals surface area contributed by atoms with Gasteiger partial charge in [0.05, 0.1) is 17.7 Å². The van der Waals surface area contributed by atoms with E-state index in [2.05, 4.69) is 4.74 Å². The number of anilines is 2. The first-order valence-electron chi connectivity index (χ1n) is 5.15. The third kappa shape index (κ3) is 2.41. The van der Waals surface area contributed by atoms with Crippen LogP contribution in [-0.2, 0) is 4.74 Å². The highest BCUT2D eigenvalue weighted by atomic mass is 32.1. The van der Waals surface area contributed by atoms with Crippen LogP contribution in [0.4, 0.5) is 10.7 Å². The van der Waals surface area contributed by atoms with Crippen molar-refractivity contribution in [2.24, 2.45) is 0 Å². The molecule has 1 heterocycles. The monoisotopic (exact) mass is 256 g/mol. The zero-order valence-corrected chi connectivity index (χ0v) is 11.2. The normalized spacial score (nSPS) is 10.1. The number of ketones is 1. The molecule has 94 valence electrons. The van der Waals surface area contributed by atoms with Gasteiger partial charge in [0.15, 0.2) is 5.78 Å². The molecule has 1 aromatic rings. The van der Waals surface area contributed by atoms with Crippen LogP contribution in [0, 0.1) is 0 Å². The number of thiophene rings is 1. The summed E-state index contributed by atoms with van der Waals surface area (Å²) in [6.45, 7) is 1.76. The minimum Gasteiger partial charge on any atom is -0.465 e. The lowest BCUT2D eigenvalue weighted by molar-refractivity contribution is 0.0603. The molecule has 6 heteroatoms. The zero-order valence-electron chi connectivity index (χ0n) is 10.4. The molecular formula is C11H16N2O3S. The van der Waals surface area contributed by atoms with Gasteiger partial charge in [-0.25, -0.2) is 4.79 Å². The SMILES string of the molecule is CCC(=O)c1sc(N(C)C)c(C(=O)OC)c1N. The molecule has 17 heavy (non-hydrogen) atoms. The number of hydrogen-bond donors (Lipinski definition) is 1. The molecule has 0 amide bonds. The molecule has 2 N–H and O–H groups in total. The molecule has 0 radical (unpaired) electrons. The van der Waals surface area contributed by atoms with Gasteiger partial charge in [-0.3, -0.25) is 4.79 Å². The number of nitrogens with two attached hydrogens (primary N) is 1. The molecule has 0 aromatic carbocycles. The number of carbonyl (C=O) groups is 2. The average molecular weight is 256 g/mol. The van der Waals surface area contributed by atoms with Gasteiger partial charge >= 0.3 is 5.97 Å². The molecule has 0 aliphatic rings. The van der Waals surface area contributed by atoms with Crippen molar-refractivity contribution in [3.05, 3.63) is 10.4 Å². The van der Waals surface area contributed by atoms with Gasteiger partial charge < -0.3 is 15.4 Å². The van der Waals surface area contributed by atoms with Gasteiger partial charge in [0, 0.05) is 20.5 Å². The Bertz CT molecular complexity index is 452. The molecule has 1 aromatic heterocycles. The fourth-order valence-electron chi connectivity index (χ4n) is 1.41. The molecular weight excluding hydrogens is 240 g/mol. The molecule has 0 aliphatic heterocycles. The second-order valence-corrected chi connectivity index (χ2v) is 4.69. The molecule has 0 atom stereocenters. The molecule has 0 saturated heterocycles. The smallest absolute Gasteiger partial charge is 0.343 e. The Morgan fingerprint density at radius 2 is 2.00 bits per heavy atom. The number of esters is 1. The van der Waals surface area contributed by atoms with Gasteiger partial charge in [-0.1, -0.05) is 6.92 Å². The topological polar surface area (TPSA) is 72.6 Å². The van der Waals surface area contributed by atoms with Crippen LogP contribution in [0.25, 0.3) is 0 Å². The van der Waals surface area contributed by atoms with Crippen molar-refractivity contribution in [3.63, 3.8) is 0 Å². The van der Waals surface area contributed by atoms with Gasteiger partial charge in [-0.2, -0.15) is 0 Å². The number of ether oxygens (including phenoxy) is 1. The zero-order chi connectivity index (χ0) is 13.2. The van der Waals surface area contributed by atoms with Crippen molar-refractivity contribution < 1.29 is 14.3 Å². The van der Waals surface area contributed by atoms with E-state index in [-0.39, 0.29) is 17.0 Å². The predicted octanol–water partition coefficient (Wildman–Crippen LogP) is 1.78. The number of nitrogens with zero attached hydrogens (tertiary/aromatic N) is 1. The number of hydrogen-bond acceptors (Lipinski definition) is 6. The van der Waals surface area contributed by atoms with Crippen molar-refractivity contribution in [2.45, 2.75) is 13.3 Å². The van der Waals surface area contributed by atoms with E-state index in [1.165, 1.54) is 18.4 Å². The van der Waals surface area contributed by atoms with E-state index >= 15 is 0 Å². The molecule has 0 unspecified atom stereocenters. The van der Waals surface area contributed by atoms with Crippen LogP contribution in [0.15, 0.2) is 0 Å². The van der Waals surface area contributed by atoms with Gasteiger partial charge in [0.2, 0.25) is 0 Å². The number of methoxy groups -OCH3 is 1. The first-order valence-corrected chi connectivity index (χ1v) is 5.96. The van der Waals surface area contributed by atoms with Gasteiger partial charge in [0.25, 0.3) is 0 Å². The second-order valence-electron chi connectivity index (χ2n) is 3.69. The second kappa shape index (κ2) is 5.18. The van der Waals surface area contributed by atoms with Gasteiger partial charge in [-0.05, 0) is 0 Å². The Labute approximate surface area is 104 Å². The Morgan fingerprint density at radius 1 is 1.41 bits per heavy atom. The fraction of sp³-hybridized carbons (Fsp3) is 0.455. The summed E-state index contributed by atoms with van der Waals surface area (Å²) in [6, 6.07) is 0. The summed E-state index contributed by atoms with van der Waals surface area (Å²) in [5, 5.41) is 0.645. The Balaban J connectivity index is 3.40. The largest absolute Gasteiger partial charge is 0.465 e. The third-order valence-corrected chi connectivity index (χ3v) is 3.71.